The zero-order valence-corrected chi connectivity index (χ0v) is 14.7. The molecule has 0 N–H and O–H groups in total. The lowest BCUT2D eigenvalue weighted by Gasteiger charge is -2.37. The summed E-state index contributed by atoms with van der Waals surface area (Å²) in [4.78, 5) is 18.6. The maximum absolute atomic E-state index is 12.2. The third kappa shape index (κ3) is 4.14. The van der Waals surface area contributed by atoms with Crippen molar-refractivity contribution in [2.75, 3.05) is 44.7 Å². The number of benzene rings is 1. The zero-order chi connectivity index (χ0) is 16.3. The van der Waals surface area contributed by atoms with Crippen molar-refractivity contribution in [2.45, 2.75) is 26.8 Å². The molecule has 1 fully saturated rings. The number of carbonyl (C=O) groups is 1. The van der Waals surface area contributed by atoms with Crippen molar-refractivity contribution < 1.29 is 4.79 Å². The molecule has 1 aliphatic heterocycles. The first kappa shape index (κ1) is 17.1. The van der Waals surface area contributed by atoms with Gasteiger partial charge in [-0.3, -0.25) is 9.69 Å². The predicted octanol–water partition coefficient (Wildman–Crippen LogP) is 2.64. The molecule has 0 bridgehead atoms. The minimum absolute atomic E-state index is 0.197. The van der Waals surface area contributed by atoms with Gasteiger partial charge in [0.1, 0.15) is 0 Å². The second kappa shape index (κ2) is 7.34. The normalized spacial score (nSPS) is 16.2. The van der Waals surface area contributed by atoms with Crippen LogP contribution in [0.5, 0.6) is 0 Å². The molecule has 2 rings (SSSR count). The van der Waals surface area contributed by atoms with Gasteiger partial charge in [-0.05, 0) is 38.5 Å². The second-order valence-corrected chi connectivity index (χ2v) is 6.73. The molecule has 1 aromatic carbocycles. The SMILES string of the molecule is Cc1ccc(Cl)cc1N1CCN(CC(=O)N(C)C(C)C)CC1. The molecule has 1 saturated heterocycles. The van der Waals surface area contributed by atoms with Crippen molar-refractivity contribution in [3.05, 3.63) is 28.8 Å². The Morgan fingerprint density at radius 2 is 1.91 bits per heavy atom. The van der Waals surface area contributed by atoms with Crippen LogP contribution in [0.25, 0.3) is 0 Å². The molecule has 4 nitrogen and oxygen atoms in total. The van der Waals surface area contributed by atoms with E-state index in [1.54, 1.807) is 0 Å². The monoisotopic (exact) mass is 323 g/mol. The standard InChI is InChI=1S/C17H26ClN3O/c1-13(2)19(4)17(22)12-20-7-9-21(10-8-20)16-11-15(18)6-5-14(16)3/h5-6,11,13H,7-10,12H2,1-4H3. The number of piperazine rings is 1. The number of carbonyl (C=O) groups excluding carboxylic acids is 1. The van der Waals surface area contributed by atoms with Crippen LogP contribution in [0.1, 0.15) is 19.4 Å². The Balaban J connectivity index is 1.90. The van der Waals surface area contributed by atoms with Crippen LogP contribution in [0.3, 0.4) is 0 Å². The average molecular weight is 324 g/mol. The summed E-state index contributed by atoms with van der Waals surface area (Å²) in [5, 5.41) is 0.775. The van der Waals surface area contributed by atoms with Gasteiger partial charge in [-0.1, -0.05) is 17.7 Å². The first-order valence-corrected chi connectivity index (χ1v) is 8.25. The third-order valence-electron chi connectivity index (χ3n) is 4.41. The van der Waals surface area contributed by atoms with E-state index in [1.165, 1.54) is 11.3 Å². The van der Waals surface area contributed by atoms with Gasteiger partial charge in [0.25, 0.3) is 0 Å². The molecule has 0 saturated carbocycles. The van der Waals surface area contributed by atoms with Gasteiger partial charge in [-0.2, -0.15) is 0 Å². The highest BCUT2D eigenvalue weighted by Gasteiger charge is 2.22. The predicted molar refractivity (Wildman–Crippen MR) is 92.7 cm³/mol. The van der Waals surface area contributed by atoms with Gasteiger partial charge in [0.15, 0.2) is 0 Å². The van der Waals surface area contributed by atoms with E-state index in [-0.39, 0.29) is 11.9 Å². The van der Waals surface area contributed by atoms with E-state index in [1.807, 2.05) is 37.9 Å². The largest absolute Gasteiger partial charge is 0.369 e. The van der Waals surface area contributed by atoms with Gasteiger partial charge in [-0.15, -0.1) is 0 Å². The molecule has 122 valence electrons. The van der Waals surface area contributed by atoms with Crippen LogP contribution in [0.15, 0.2) is 18.2 Å². The molecule has 0 spiro atoms. The maximum atomic E-state index is 12.2. The van der Waals surface area contributed by atoms with Gasteiger partial charge in [-0.25, -0.2) is 0 Å². The Hall–Kier alpha value is -1.26. The zero-order valence-electron chi connectivity index (χ0n) is 14.0. The Morgan fingerprint density at radius 3 is 2.50 bits per heavy atom. The second-order valence-electron chi connectivity index (χ2n) is 6.29. The van der Waals surface area contributed by atoms with Crippen molar-refractivity contribution >= 4 is 23.2 Å². The fourth-order valence-electron chi connectivity index (χ4n) is 2.66. The third-order valence-corrected chi connectivity index (χ3v) is 4.65. The van der Waals surface area contributed by atoms with E-state index in [0.717, 1.165) is 31.2 Å². The van der Waals surface area contributed by atoms with E-state index < -0.39 is 0 Å². The molecule has 5 heteroatoms. The summed E-state index contributed by atoms with van der Waals surface area (Å²) < 4.78 is 0. The number of hydrogen-bond donors (Lipinski definition) is 0. The summed E-state index contributed by atoms with van der Waals surface area (Å²) in [6, 6.07) is 6.27. The maximum Gasteiger partial charge on any atom is 0.236 e. The highest BCUT2D eigenvalue weighted by Crippen LogP contribution is 2.25. The Labute approximate surface area is 138 Å². The summed E-state index contributed by atoms with van der Waals surface area (Å²) in [5.74, 6) is 0.197. The highest BCUT2D eigenvalue weighted by molar-refractivity contribution is 6.30. The number of likely N-dealkylation sites (N-methyl/N-ethyl adjacent to an activating group) is 1. The van der Waals surface area contributed by atoms with Crippen molar-refractivity contribution in [3.8, 4) is 0 Å². The van der Waals surface area contributed by atoms with Gasteiger partial charge in [0.2, 0.25) is 5.91 Å². The molecule has 1 amide bonds. The van der Waals surface area contributed by atoms with Gasteiger partial charge in [0, 0.05) is 50.0 Å². The van der Waals surface area contributed by atoms with E-state index in [9.17, 15) is 4.79 Å². The van der Waals surface area contributed by atoms with Crippen LogP contribution in [0, 0.1) is 6.92 Å². The van der Waals surface area contributed by atoms with E-state index >= 15 is 0 Å². The minimum atomic E-state index is 0.197. The number of hydrogen-bond acceptors (Lipinski definition) is 3. The smallest absolute Gasteiger partial charge is 0.236 e. The molecule has 0 aliphatic carbocycles. The summed E-state index contributed by atoms with van der Waals surface area (Å²) in [7, 11) is 1.87. The molecule has 1 aliphatic rings. The summed E-state index contributed by atoms with van der Waals surface area (Å²) in [6.45, 7) is 10.4. The number of rotatable bonds is 4. The molecular formula is C17H26ClN3O. The number of anilines is 1. The van der Waals surface area contributed by atoms with Crippen LogP contribution in [0.2, 0.25) is 5.02 Å². The molecule has 1 heterocycles. The first-order chi connectivity index (χ1) is 10.4. The van der Waals surface area contributed by atoms with Gasteiger partial charge < -0.3 is 9.80 Å². The van der Waals surface area contributed by atoms with Gasteiger partial charge >= 0.3 is 0 Å². The molecule has 1 aromatic rings. The van der Waals surface area contributed by atoms with Crippen LogP contribution >= 0.6 is 11.6 Å². The molecule has 0 atom stereocenters. The molecular weight excluding hydrogens is 298 g/mol. The number of nitrogens with zero attached hydrogens (tertiary/aromatic N) is 3. The summed E-state index contributed by atoms with van der Waals surface area (Å²) >= 11 is 6.11. The van der Waals surface area contributed by atoms with Crippen molar-refractivity contribution in [3.63, 3.8) is 0 Å². The minimum Gasteiger partial charge on any atom is -0.369 e. The molecule has 22 heavy (non-hydrogen) atoms. The van der Waals surface area contributed by atoms with Crippen LogP contribution < -0.4 is 4.90 Å². The lowest BCUT2D eigenvalue weighted by molar-refractivity contribution is -0.132. The number of amides is 1. The fraction of sp³-hybridized carbons (Fsp3) is 0.588. The Bertz CT molecular complexity index is 525. The Morgan fingerprint density at radius 1 is 1.27 bits per heavy atom. The quantitative estimate of drug-likeness (QED) is 0.852. The van der Waals surface area contributed by atoms with Gasteiger partial charge in [0.05, 0.1) is 6.54 Å². The topological polar surface area (TPSA) is 26.8 Å². The summed E-state index contributed by atoms with van der Waals surface area (Å²) in [5.41, 5.74) is 2.45. The van der Waals surface area contributed by atoms with Crippen molar-refractivity contribution in [1.29, 1.82) is 0 Å². The fourth-order valence-corrected chi connectivity index (χ4v) is 2.83. The highest BCUT2D eigenvalue weighted by atomic mass is 35.5. The lowest BCUT2D eigenvalue weighted by Crippen LogP contribution is -2.50. The van der Waals surface area contributed by atoms with Crippen LogP contribution in [0.4, 0.5) is 5.69 Å². The number of aryl methyl sites for hydroxylation is 1. The van der Waals surface area contributed by atoms with Crippen LogP contribution in [-0.4, -0.2) is 61.5 Å². The summed E-state index contributed by atoms with van der Waals surface area (Å²) in [6.07, 6.45) is 0. The van der Waals surface area contributed by atoms with E-state index in [2.05, 4.69) is 22.8 Å². The lowest BCUT2D eigenvalue weighted by atomic mass is 10.1. The number of halogens is 1. The first-order valence-electron chi connectivity index (χ1n) is 7.87. The van der Waals surface area contributed by atoms with E-state index in [4.69, 9.17) is 11.6 Å². The molecule has 0 unspecified atom stereocenters. The molecule has 0 radical (unpaired) electrons. The Kier molecular flexibility index (Phi) is 5.70. The molecule has 0 aromatic heterocycles. The van der Waals surface area contributed by atoms with E-state index in [0.29, 0.717) is 6.54 Å². The average Bonchev–Trinajstić information content (AvgIpc) is 2.49. The van der Waals surface area contributed by atoms with Crippen molar-refractivity contribution in [1.82, 2.24) is 9.80 Å². The van der Waals surface area contributed by atoms with Crippen LogP contribution in [-0.2, 0) is 4.79 Å². The van der Waals surface area contributed by atoms with Crippen molar-refractivity contribution in [2.24, 2.45) is 0 Å².